The molecule has 1 unspecified atom stereocenters. The molecule has 4 heteroatoms. The summed E-state index contributed by atoms with van der Waals surface area (Å²) in [5, 5.41) is 1.67. The minimum absolute atomic E-state index is 0.222. The fraction of sp³-hybridized carbons (Fsp3) is 0.133. The summed E-state index contributed by atoms with van der Waals surface area (Å²) in [4.78, 5) is 12.6. The number of nitrogens with two attached hydrogens (primary N) is 1. The van der Waals surface area contributed by atoms with Gasteiger partial charge in [-0.15, -0.1) is 0 Å². The van der Waals surface area contributed by atoms with E-state index in [-0.39, 0.29) is 11.6 Å². The maximum absolute atomic E-state index is 12.6. The van der Waals surface area contributed by atoms with Crippen LogP contribution in [0.5, 0.6) is 0 Å². The zero-order valence-electron chi connectivity index (χ0n) is 10.7. The van der Waals surface area contributed by atoms with Crippen molar-refractivity contribution in [3.05, 3.63) is 64.6 Å². The van der Waals surface area contributed by atoms with Gasteiger partial charge in [-0.2, -0.15) is 0 Å². The second kappa shape index (κ2) is 5.03. The number of rotatable bonds is 3. The van der Waals surface area contributed by atoms with Crippen molar-refractivity contribution in [1.29, 1.82) is 0 Å². The molecule has 1 aromatic carbocycles. The molecule has 0 aliphatic heterocycles. The fourth-order valence-corrected chi connectivity index (χ4v) is 2.32. The number of hydrogen-bond acceptors (Lipinski definition) is 2. The maximum Gasteiger partial charge on any atom is 0.264 e. The summed E-state index contributed by atoms with van der Waals surface area (Å²) in [5.74, 6) is 0. The summed E-state index contributed by atoms with van der Waals surface area (Å²) in [6, 6.07) is 6.91. The lowest BCUT2D eigenvalue weighted by atomic mass is 10.1. The summed E-state index contributed by atoms with van der Waals surface area (Å²) in [6.45, 7) is 9.30. The molecule has 3 nitrogen and oxygen atoms in total. The highest BCUT2D eigenvalue weighted by Crippen LogP contribution is 2.24. The fourth-order valence-electron chi connectivity index (χ4n) is 2.06. The normalized spacial score (nSPS) is 12.4. The van der Waals surface area contributed by atoms with Crippen LogP contribution in [0.25, 0.3) is 16.5 Å². The van der Waals surface area contributed by atoms with Crippen molar-refractivity contribution in [3.8, 4) is 0 Å². The highest BCUT2D eigenvalue weighted by atomic mass is 35.5. The van der Waals surface area contributed by atoms with Crippen molar-refractivity contribution in [2.75, 3.05) is 0 Å². The molecular weight excluding hydrogens is 260 g/mol. The van der Waals surface area contributed by atoms with Gasteiger partial charge in [-0.05, 0) is 30.5 Å². The number of pyridine rings is 1. The number of halogens is 1. The van der Waals surface area contributed by atoms with E-state index in [0.717, 1.165) is 5.39 Å². The standard InChI is InChI=1S/C15H15ClN2O/c1-4-9(2)18-13(10(3)17)8-11-6-5-7-12(16)14(11)15(18)19/h4-8,10H,1-2,17H2,3H3. The molecule has 0 aliphatic rings. The van der Waals surface area contributed by atoms with Crippen molar-refractivity contribution in [3.63, 3.8) is 0 Å². The predicted molar refractivity (Wildman–Crippen MR) is 81.3 cm³/mol. The molecule has 19 heavy (non-hydrogen) atoms. The van der Waals surface area contributed by atoms with Crippen molar-refractivity contribution >= 4 is 28.1 Å². The van der Waals surface area contributed by atoms with Gasteiger partial charge >= 0.3 is 0 Å². The Kier molecular flexibility index (Phi) is 3.60. The SMILES string of the molecule is C=CC(=C)n1c(C(C)N)cc2cccc(Cl)c2c1=O. The van der Waals surface area contributed by atoms with Gasteiger partial charge in [0.2, 0.25) is 0 Å². The number of benzene rings is 1. The lowest BCUT2D eigenvalue weighted by Gasteiger charge is -2.17. The van der Waals surface area contributed by atoms with Crippen LogP contribution >= 0.6 is 11.6 Å². The summed E-state index contributed by atoms with van der Waals surface area (Å²) in [6.07, 6.45) is 1.52. The minimum atomic E-state index is -0.298. The zero-order chi connectivity index (χ0) is 14.2. The molecule has 0 amide bonds. The topological polar surface area (TPSA) is 48.0 Å². The molecule has 1 aromatic heterocycles. The first-order valence-electron chi connectivity index (χ1n) is 5.89. The smallest absolute Gasteiger partial charge is 0.264 e. The largest absolute Gasteiger partial charge is 0.323 e. The Morgan fingerprint density at radius 1 is 1.53 bits per heavy atom. The van der Waals surface area contributed by atoms with E-state index < -0.39 is 0 Å². The molecule has 0 radical (unpaired) electrons. The third-order valence-corrected chi connectivity index (χ3v) is 3.33. The predicted octanol–water partition coefficient (Wildman–Crippen LogP) is 3.33. The Morgan fingerprint density at radius 2 is 2.21 bits per heavy atom. The molecular formula is C15H15ClN2O. The van der Waals surface area contributed by atoms with Crippen LogP contribution in [0, 0.1) is 0 Å². The summed E-state index contributed by atoms with van der Waals surface area (Å²) < 4.78 is 1.46. The number of fused-ring (bicyclic) bond motifs is 1. The van der Waals surface area contributed by atoms with E-state index in [9.17, 15) is 4.79 Å². The Bertz CT molecular complexity index is 729. The van der Waals surface area contributed by atoms with Crippen LogP contribution in [0.4, 0.5) is 0 Å². The Balaban J connectivity index is 2.99. The quantitative estimate of drug-likeness (QED) is 0.873. The van der Waals surface area contributed by atoms with E-state index in [4.69, 9.17) is 17.3 Å². The van der Waals surface area contributed by atoms with E-state index >= 15 is 0 Å². The van der Waals surface area contributed by atoms with E-state index in [1.165, 1.54) is 10.6 Å². The summed E-state index contributed by atoms with van der Waals surface area (Å²) >= 11 is 6.11. The molecule has 0 aliphatic carbocycles. The third kappa shape index (κ3) is 2.23. The average Bonchev–Trinajstić information content (AvgIpc) is 2.37. The lowest BCUT2D eigenvalue weighted by Crippen LogP contribution is -2.25. The van der Waals surface area contributed by atoms with Gasteiger partial charge in [0, 0.05) is 17.4 Å². The molecule has 2 aromatic rings. The molecule has 0 bridgehead atoms. The van der Waals surface area contributed by atoms with Gasteiger partial charge in [-0.1, -0.05) is 36.9 Å². The minimum Gasteiger partial charge on any atom is -0.323 e. The zero-order valence-corrected chi connectivity index (χ0v) is 11.4. The molecule has 0 fully saturated rings. The van der Waals surface area contributed by atoms with Gasteiger partial charge in [-0.3, -0.25) is 9.36 Å². The Morgan fingerprint density at radius 3 is 2.79 bits per heavy atom. The molecule has 0 saturated carbocycles. The molecule has 98 valence electrons. The third-order valence-electron chi connectivity index (χ3n) is 3.01. The Labute approximate surface area is 116 Å². The summed E-state index contributed by atoms with van der Waals surface area (Å²) in [7, 11) is 0. The number of hydrogen-bond donors (Lipinski definition) is 1. The van der Waals surface area contributed by atoms with Crippen molar-refractivity contribution in [2.24, 2.45) is 5.73 Å². The van der Waals surface area contributed by atoms with Gasteiger partial charge < -0.3 is 5.73 Å². The molecule has 2 rings (SSSR count). The second-order valence-corrected chi connectivity index (χ2v) is 4.81. The van der Waals surface area contributed by atoms with Crippen molar-refractivity contribution in [1.82, 2.24) is 4.57 Å². The van der Waals surface area contributed by atoms with Crippen LogP contribution in [-0.2, 0) is 0 Å². The average molecular weight is 275 g/mol. The van der Waals surface area contributed by atoms with E-state index in [0.29, 0.717) is 21.8 Å². The summed E-state index contributed by atoms with van der Waals surface area (Å²) in [5.41, 5.74) is 6.89. The van der Waals surface area contributed by atoms with Crippen molar-refractivity contribution < 1.29 is 0 Å². The van der Waals surface area contributed by atoms with Gasteiger partial charge in [0.15, 0.2) is 0 Å². The first-order valence-corrected chi connectivity index (χ1v) is 6.26. The van der Waals surface area contributed by atoms with Crippen LogP contribution in [0.3, 0.4) is 0 Å². The van der Waals surface area contributed by atoms with Gasteiger partial charge in [0.1, 0.15) is 0 Å². The molecule has 0 spiro atoms. The number of allylic oxidation sites excluding steroid dienone is 2. The van der Waals surface area contributed by atoms with Gasteiger partial charge in [-0.25, -0.2) is 0 Å². The van der Waals surface area contributed by atoms with E-state index in [1.807, 2.05) is 25.1 Å². The number of aromatic nitrogens is 1. The Hall–Kier alpha value is -1.84. The van der Waals surface area contributed by atoms with Crippen LogP contribution in [0.1, 0.15) is 18.7 Å². The van der Waals surface area contributed by atoms with Crippen LogP contribution in [0.15, 0.2) is 48.3 Å². The highest BCUT2D eigenvalue weighted by molar-refractivity contribution is 6.35. The van der Waals surface area contributed by atoms with E-state index in [1.54, 1.807) is 6.07 Å². The lowest BCUT2D eigenvalue weighted by molar-refractivity contribution is 0.743. The van der Waals surface area contributed by atoms with E-state index in [2.05, 4.69) is 13.2 Å². The highest BCUT2D eigenvalue weighted by Gasteiger charge is 2.14. The number of nitrogens with zero attached hydrogens (tertiary/aromatic N) is 1. The first-order chi connectivity index (χ1) is 8.97. The second-order valence-electron chi connectivity index (χ2n) is 4.40. The van der Waals surface area contributed by atoms with Crippen molar-refractivity contribution in [2.45, 2.75) is 13.0 Å². The molecule has 1 heterocycles. The van der Waals surface area contributed by atoms with Gasteiger partial charge in [0.05, 0.1) is 10.4 Å². The monoisotopic (exact) mass is 274 g/mol. The molecule has 2 N–H and O–H groups in total. The first kappa shape index (κ1) is 13.6. The van der Waals surface area contributed by atoms with Crippen LogP contribution < -0.4 is 11.3 Å². The molecule has 0 saturated heterocycles. The maximum atomic E-state index is 12.6. The van der Waals surface area contributed by atoms with Crippen LogP contribution in [0.2, 0.25) is 5.02 Å². The van der Waals surface area contributed by atoms with Gasteiger partial charge in [0.25, 0.3) is 5.56 Å². The molecule has 1 atom stereocenters. The van der Waals surface area contributed by atoms with Crippen LogP contribution in [-0.4, -0.2) is 4.57 Å².